The highest BCUT2D eigenvalue weighted by Gasteiger charge is 2.10. The maximum atomic E-state index is 12.4. The second kappa shape index (κ2) is 7.02. The van der Waals surface area contributed by atoms with E-state index in [9.17, 15) is 4.79 Å². The van der Waals surface area contributed by atoms with Gasteiger partial charge in [-0.3, -0.25) is 9.36 Å². The second-order valence-electron chi connectivity index (χ2n) is 5.11. The smallest absolute Gasteiger partial charge is 0.258 e. The van der Waals surface area contributed by atoms with Crippen LogP contribution in [-0.2, 0) is 5.75 Å². The molecule has 3 aromatic rings. The van der Waals surface area contributed by atoms with E-state index in [0.717, 1.165) is 16.9 Å². The molecule has 0 amide bonds. The van der Waals surface area contributed by atoms with Gasteiger partial charge in [0.1, 0.15) is 0 Å². The van der Waals surface area contributed by atoms with Crippen molar-refractivity contribution in [3.8, 4) is 5.69 Å². The van der Waals surface area contributed by atoms with Crippen LogP contribution in [0, 0.1) is 6.92 Å². The molecule has 0 aliphatic rings. The van der Waals surface area contributed by atoms with Crippen LogP contribution in [-0.4, -0.2) is 9.55 Å². The van der Waals surface area contributed by atoms with Gasteiger partial charge in [0, 0.05) is 22.5 Å². The van der Waals surface area contributed by atoms with Crippen LogP contribution in [0.5, 0.6) is 0 Å². The number of thioether (sulfide) groups is 1. The Morgan fingerprint density at radius 3 is 2.61 bits per heavy atom. The van der Waals surface area contributed by atoms with Crippen LogP contribution >= 0.6 is 23.4 Å². The number of halogens is 1. The van der Waals surface area contributed by atoms with Crippen LogP contribution in [0.3, 0.4) is 0 Å². The molecular formula is C18H15ClN2OS. The van der Waals surface area contributed by atoms with Crippen LogP contribution in [0.15, 0.2) is 70.6 Å². The zero-order chi connectivity index (χ0) is 16.2. The van der Waals surface area contributed by atoms with E-state index in [1.165, 1.54) is 11.8 Å². The van der Waals surface area contributed by atoms with Gasteiger partial charge in [0.05, 0.1) is 5.69 Å². The highest BCUT2D eigenvalue weighted by atomic mass is 35.5. The lowest BCUT2D eigenvalue weighted by Gasteiger charge is -2.12. The fourth-order valence-electron chi connectivity index (χ4n) is 2.26. The topological polar surface area (TPSA) is 34.9 Å². The number of nitrogens with zero attached hydrogens (tertiary/aromatic N) is 2. The fraction of sp³-hybridized carbons (Fsp3) is 0.111. The van der Waals surface area contributed by atoms with Crippen molar-refractivity contribution in [1.29, 1.82) is 0 Å². The van der Waals surface area contributed by atoms with E-state index in [1.807, 2.05) is 61.5 Å². The molecule has 3 nitrogen and oxygen atoms in total. The first-order valence-electron chi connectivity index (χ1n) is 7.17. The highest BCUT2D eigenvalue weighted by Crippen LogP contribution is 2.24. The van der Waals surface area contributed by atoms with Crippen molar-refractivity contribution < 1.29 is 0 Å². The Hall–Kier alpha value is -2.04. The largest absolute Gasteiger partial charge is 0.269 e. The standard InChI is InChI=1S/C18H15ClN2OS/c1-13-10-17(22)21(16-8-3-2-4-9-16)18(20-13)23-12-14-6-5-7-15(19)11-14/h2-11H,12H2,1H3. The van der Waals surface area contributed by atoms with Crippen LogP contribution in [0.25, 0.3) is 5.69 Å². The second-order valence-corrected chi connectivity index (χ2v) is 6.49. The summed E-state index contributed by atoms with van der Waals surface area (Å²) in [6.45, 7) is 1.83. The number of aryl methyl sites for hydroxylation is 1. The third-order valence-corrected chi connectivity index (χ3v) is 4.53. The van der Waals surface area contributed by atoms with Crippen molar-refractivity contribution in [2.24, 2.45) is 0 Å². The minimum Gasteiger partial charge on any atom is -0.269 e. The Bertz CT molecular complexity index is 878. The molecule has 23 heavy (non-hydrogen) atoms. The quantitative estimate of drug-likeness (QED) is 0.517. The van der Waals surface area contributed by atoms with Crippen molar-refractivity contribution >= 4 is 23.4 Å². The van der Waals surface area contributed by atoms with E-state index in [1.54, 1.807) is 10.6 Å². The predicted octanol–water partition coefficient (Wildman–Crippen LogP) is 4.49. The SMILES string of the molecule is Cc1cc(=O)n(-c2ccccc2)c(SCc2cccc(Cl)c2)n1. The first-order chi connectivity index (χ1) is 11.1. The summed E-state index contributed by atoms with van der Waals surface area (Å²) in [6, 6.07) is 18.8. The average molecular weight is 343 g/mol. The number of aromatic nitrogens is 2. The van der Waals surface area contributed by atoms with Gasteiger partial charge in [-0.15, -0.1) is 0 Å². The summed E-state index contributed by atoms with van der Waals surface area (Å²) >= 11 is 7.55. The van der Waals surface area contributed by atoms with Gasteiger partial charge in [-0.1, -0.05) is 53.7 Å². The van der Waals surface area contributed by atoms with Crippen molar-refractivity contribution in [1.82, 2.24) is 9.55 Å². The summed E-state index contributed by atoms with van der Waals surface area (Å²) in [4.78, 5) is 17.0. The monoisotopic (exact) mass is 342 g/mol. The molecule has 0 atom stereocenters. The van der Waals surface area contributed by atoms with Gasteiger partial charge in [-0.2, -0.15) is 0 Å². The molecule has 0 aliphatic carbocycles. The molecule has 3 rings (SSSR count). The number of rotatable bonds is 4. The number of hydrogen-bond donors (Lipinski definition) is 0. The lowest BCUT2D eigenvalue weighted by Crippen LogP contribution is -2.21. The van der Waals surface area contributed by atoms with E-state index < -0.39 is 0 Å². The number of para-hydroxylation sites is 1. The van der Waals surface area contributed by atoms with Gasteiger partial charge in [0.15, 0.2) is 5.16 Å². The summed E-state index contributed by atoms with van der Waals surface area (Å²) in [6.07, 6.45) is 0. The van der Waals surface area contributed by atoms with Crippen LogP contribution in [0.4, 0.5) is 0 Å². The van der Waals surface area contributed by atoms with Crippen molar-refractivity contribution in [2.45, 2.75) is 17.8 Å². The Labute approximate surface area is 144 Å². The van der Waals surface area contributed by atoms with E-state index >= 15 is 0 Å². The molecule has 0 N–H and O–H groups in total. The third-order valence-electron chi connectivity index (χ3n) is 3.29. The lowest BCUT2D eigenvalue weighted by molar-refractivity contribution is 0.780. The average Bonchev–Trinajstić information content (AvgIpc) is 2.53. The van der Waals surface area contributed by atoms with E-state index in [2.05, 4.69) is 4.98 Å². The van der Waals surface area contributed by atoms with Gasteiger partial charge >= 0.3 is 0 Å². The maximum absolute atomic E-state index is 12.4. The zero-order valence-corrected chi connectivity index (χ0v) is 14.1. The van der Waals surface area contributed by atoms with Crippen molar-refractivity contribution in [3.63, 3.8) is 0 Å². The molecule has 0 spiro atoms. The highest BCUT2D eigenvalue weighted by molar-refractivity contribution is 7.98. The predicted molar refractivity (Wildman–Crippen MR) is 95.6 cm³/mol. The molecule has 5 heteroatoms. The molecule has 0 bridgehead atoms. The van der Waals surface area contributed by atoms with E-state index in [-0.39, 0.29) is 5.56 Å². The van der Waals surface area contributed by atoms with E-state index in [0.29, 0.717) is 15.9 Å². The lowest BCUT2D eigenvalue weighted by atomic mass is 10.2. The number of hydrogen-bond acceptors (Lipinski definition) is 3. The first kappa shape index (κ1) is 15.8. The van der Waals surface area contributed by atoms with Gasteiger partial charge < -0.3 is 0 Å². The summed E-state index contributed by atoms with van der Waals surface area (Å²) in [5.74, 6) is 0.698. The minimum absolute atomic E-state index is 0.0719. The van der Waals surface area contributed by atoms with Crippen LogP contribution < -0.4 is 5.56 Å². The Balaban J connectivity index is 1.97. The van der Waals surface area contributed by atoms with Crippen molar-refractivity contribution in [2.75, 3.05) is 0 Å². The molecule has 1 aromatic heterocycles. The first-order valence-corrected chi connectivity index (χ1v) is 8.53. The molecule has 116 valence electrons. The van der Waals surface area contributed by atoms with E-state index in [4.69, 9.17) is 11.6 Å². The maximum Gasteiger partial charge on any atom is 0.258 e. The van der Waals surface area contributed by atoms with Gasteiger partial charge in [0.2, 0.25) is 0 Å². The van der Waals surface area contributed by atoms with Gasteiger partial charge in [-0.25, -0.2) is 4.98 Å². The Morgan fingerprint density at radius 2 is 1.87 bits per heavy atom. The fourth-order valence-corrected chi connectivity index (χ4v) is 3.48. The summed E-state index contributed by atoms with van der Waals surface area (Å²) in [5, 5.41) is 1.39. The molecule has 0 unspecified atom stereocenters. The molecule has 0 aliphatic heterocycles. The Morgan fingerprint density at radius 1 is 1.09 bits per heavy atom. The van der Waals surface area contributed by atoms with Gasteiger partial charge in [-0.05, 0) is 36.8 Å². The molecule has 1 heterocycles. The Kier molecular flexibility index (Phi) is 4.84. The summed E-state index contributed by atoms with van der Waals surface area (Å²) in [7, 11) is 0. The van der Waals surface area contributed by atoms with Gasteiger partial charge in [0.25, 0.3) is 5.56 Å². The zero-order valence-electron chi connectivity index (χ0n) is 12.6. The normalized spacial score (nSPS) is 10.7. The van der Waals surface area contributed by atoms with Crippen LogP contribution in [0.1, 0.15) is 11.3 Å². The molecule has 2 aromatic carbocycles. The third kappa shape index (κ3) is 3.84. The molecule has 0 saturated carbocycles. The summed E-state index contributed by atoms with van der Waals surface area (Å²) < 4.78 is 1.64. The van der Waals surface area contributed by atoms with Crippen molar-refractivity contribution in [3.05, 3.63) is 87.3 Å². The number of benzene rings is 2. The minimum atomic E-state index is -0.0719. The summed E-state index contributed by atoms with van der Waals surface area (Å²) in [5.41, 5.74) is 2.56. The molecular weight excluding hydrogens is 328 g/mol. The molecule has 0 fully saturated rings. The molecule has 0 saturated heterocycles. The van der Waals surface area contributed by atoms with Crippen LogP contribution in [0.2, 0.25) is 5.02 Å². The molecule has 0 radical (unpaired) electrons.